The minimum atomic E-state index is -0.194. The number of carbonyl (C=O) groups excluding carboxylic acids is 1. The maximum atomic E-state index is 12.1. The van der Waals surface area contributed by atoms with Gasteiger partial charge in [0.25, 0.3) is 0 Å². The van der Waals surface area contributed by atoms with Crippen molar-refractivity contribution >= 4 is 21.9 Å². The Balaban J connectivity index is 2.22. The molecule has 0 spiro atoms. The second kappa shape index (κ2) is 6.34. The summed E-state index contributed by atoms with van der Waals surface area (Å²) in [5, 5.41) is 3.40. The maximum Gasteiger partial charge on any atom is 0.315 e. The van der Waals surface area contributed by atoms with Crippen LogP contribution in [0.15, 0.2) is 28.7 Å². The van der Waals surface area contributed by atoms with Gasteiger partial charge in [-0.1, -0.05) is 28.1 Å². The first-order valence-electron chi connectivity index (χ1n) is 6.38. The van der Waals surface area contributed by atoms with E-state index in [9.17, 15) is 4.79 Å². The SMILES string of the molecule is CCOC(=O)[C@H](c1ccc(Br)cc1)[C@@H]1CCCN1. The molecule has 3 nitrogen and oxygen atoms in total. The fraction of sp³-hybridized carbons (Fsp3) is 0.500. The Morgan fingerprint density at radius 2 is 2.22 bits per heavy atom. The smallest absolute Gasteiger partial charge is 0.315 e. The first kappa shape index (κ1) is 13.6. The van der Waals surface area contributed by atoms with Crippen LogP contribution in [0.5, 0.6) is 0 Å². The van der Waals surface area contributed by atoms with E-state index in [1.54, 1.807) is 0 Å². The van der Waals surface area contributed by atoms with Gasteiger partial charge >= 0.3 is 5.97 Å². The zero-order valence-corrected chi connectivity index (χ0v) is 12.1. The van der Waals surface area contributed by atoms with Gasteiger partial charge in [0.1, 0.15) is 0 Å². The van der Waals surface area contributed by atoms with Gasteiger partial charge in [-0.2, -0.15) is 0 Å². The average Bonchev–Trinajstić information content (AvgIpc) is 2.86. The Kier molecular flexibility index (Phi) is 4.78. The van der Waals surface area contributed by atoms with Crippen molar-refractivity contribution in [2.45, 2.75) is 31.7 Å². The average molecular weight is 312 g/mol. The third-order valence-corrected chi connectivity index (χ3v) is 3.80. The third-order valence-electron chi connectivity index (χ3n) is 3.27. The van der Waals surface area contributed by atoms with Crippen molar-refractivity contribution in [3.8, 4) is 0 Å². The minimum absolute atomic E-state index is 0.126. The normalized spacial score (nSPS) is 20.7. The molecule has 18 heavy (non-hydrogen) atoms. The summed E-state index contributed by atoms with van der Waals surface area (Å²) >= 11 is 3.41. The van der Waals surface area contributed by atoms with Crippen LogP contribution in [0.25, 0.3) is 0 Å². The zero-order valence-electron chi connectivity index (χ0n) is 10.5. The standard InChI is InChI=1S/C14H18BrNO2/c1-2-18-14(17)13(12-4-3-9-16-12)10-5-7-11(15)8-6-10/h5-8,12-13,16H,2-4,9H2,1H3/t12-,13+/m0/s1. The van der Waals surface area contributed by atoms with E-state index >= 15 is 0 Å². The first-order chi connectivity index (χ1) is 8.72. The number of carbonyl (C=O) groups is 1. The number of nitrogens with one attached hydrogen (secondary N) is 1. The number of ether oxygens (including phenoxy) is 1. The molecule has 2 rings (SSSR count). The predicted octanol–water partition coefficient (Wildman–Crippen LogP) is 2.85. The molecule has 0 aliphatic carbocycles. The van der Waals surface area contributed by atoms with Gasteiger partial charge in [0.15, 0.2) is 0 Å². The van der Waals surface area contributed by atoms with Crippen molar-refractivity contribution in [1.82, 2.24) is 5.32 Å². The number of hydrogen-bond acceptors (Lipinski definition) is 3. The second-order valence-corrected chi connectivity index (χ2v) is 5.40. The fourth-order valence-electron chi connectivity index (χ4n) is 2.43. The summed E-state index contributed by atoms with van der Waals surface area (Å²) in [6.07, 6.45) is 2.15. The quantitative estimate of drug-likeness (QED) is 0.869. The van der Waals surface area contributed by atoms with E-state index in [0.29, 0.717) is 6.61 Å². The topological polar surface area (TPSA) is 38.3 Å². The molecule has 1 aromatic rings. The Morgan fingerprint density at radius 1 is 1.50 bits per heavy atom. The van der Waals surface area contributed by atoms with E-state index < -0.39 is 0 Å². The van der Waals surface area contributed by atoms with Gasteiger partial charge in [0.05, 0.1) is 12.5 Å². The first-order valence-corrected chi connectivity index (χ1v) is 7.17. The summed E-state index contributed by atoms with van der Waals surface area (Å²) in [4.78, 5) is 12.1. The number of hydrogen-bond donors (Lipinski definition) is 1. The summed E-state index contributed by atoms with van der Waals surface area (Å²) in [7, 11) is 0. The van der Waals surface area contributed by atoms with Crippen LogP contribution in [0.2, 0.25) is 0 Å². The Hall–Kier alpha value is -0.870. The largest absolute Gasteiger partial charge is 0.465 e. The molecule has 1 fully saturated rings. The Bertz CT molecular complexity index is 399. The van der Waals surface area contributed by atoms with Crippen LogP contribution >= 0.6 is 15.9 Å². The second-order valence-electron chi connectivity index (χ2n) is 4.48. The molecule has 98 valence electrons. The van der Waals surface area contributed by atoms with Crippen molar-refractivity contribution in [1.29, 1.82) is 0 Å². The molecule has 1 aromatic carbocycles. The van der Waals surface area contributed by atoms with Gasteiger partial charge in [0, 0.05) is 10.5 Å². The highest BCUT2D eigenvalue weighted by molar-refractivity contribution is 9.10. The molecule has 0 bridgehead atoms. The van der Waals surface area contributed by atoms with Crippen LogP contribution in [0.4, 0.5) is 0 Å². The molecule has 0 unspecified atom stereocenters. The molecule has 2 atom stereocenters. The molecule has 1 aliphatic heterocycles. The third kappa shape index (κ3) is 3.12. The Labute approximate surface area is 116 Å². The van der Waals surface area contributed by atoms with Gasteiger partial charge in [-0.25, -0.2) is 0 Å². The number of rotatable bonds is 4. The fourth-order valence-corrected chi connectivity index (χ4v) is 2.70. The highest BCUT2D eigenvalue weighted by Gasteiger charge is 2.32. The molecule has 4 heteroatoms. The number of halogens is 1. The zero-order chi connectivity index (χ0) is 13.0. The molecular weight excluding hydrogens is 294 g/mol. The summed E-state index contributed by atoms with van der Waals surface area (Å²) in [5.74, 6) is -0.320. The van der Waals surface area contributed by atoms with Crippen molar-refractivity contribution in [2.24, 2.45) is 0 Å². The molecule has 0 radical (unpaired) electrons. The summed E-state index contributed by atoms with van der Waals surface area (Å²) in [6.45, 7) is 3.26. The lowest BCUT2D eigenvalue weighted by atomic mass is 9.90. The minimum Gasteiger partial charge on any atom is -0.465 e. The van der Waals surface area contributed by atoms with Crippen LogP contribution in [-0.4, -0.2) is 25.2 Å². The van der Waals surface area contributed by atoms with Crippen molar-refractivity contribution in [2.75, 3.05) is 13.2 Å². The molecule has 1 N–H and O–H groups in total. The predicted molar refractivity (Wildman–Crippen MR) is 74.5 cm³/mol. The van der Waals surface area contributed by atoms with E-state index in [1.807, 2.05) is 31.2 Å². The molecule has 1 aliphatic rings. The van der Waals surface area contributed by atoms with Crippen LogP contribution in [-0.2, 0) is 9.53 Å². The van der Waals surface area contributed by atoms with E-state index in [2.05, 4.69) is 21.2 Å². The van der Waals surface area contributed by atoms with Gasteiger partial charge < -0.3 is 10.1 Å². The van der Waals surface area contributed by atoms with Crippen LogP contribution in [0.3, 0.4) is 0 Å². The van der Waals surface area contributed by atoms with Crippen LogP contribution in [0, 0.1) is 0 Å². The van der Waals surface area contributed by atoms with Crippen molar-refractivity contribution in [3.05, 3.63) is 34.3 Å². The highest BCUT2D eigenvalue weighted by Crippen LogP contribution is 2.28. The summed E-state index contributed by atoms with van der Waals surface area (Å²) < 4.78 is 6.23. The summed E-state index contributed by atoms with van der Waals surface area (Å²) in [6, 6.07) is 8.12. The van der Waals surface area contributed by atoms with E-state index in [0.717, 1.165) is 29.4 Å². The van der Waals surface area contributed by atoms with Crippen molar-refractivity contribution < 1.29 is 9.53 Å². The number of benzene rings is 1. The van der Waals surface area contributed by atoms with E-state index in [4.69, 9.17) is 4.74 Å². The molecular formula is C14H18BrNO2. The molecule has 0 amide bonds. The van der Waals surface area contributed by atoms with Gasteiger partial charge in [-0.15, -0.1) is 0 Å². The van der Waals surface area contributed by atoms with Crippen LogP contribution < -0.4 is 5.32 Å². The molecule has 1 heterocycles. The monoisotopic (exact) mass is 311 g/mol. The number of esters is 1. The lowest BCUT2D eigenvalue weighted by Gasteiger charge is -2.22. The van der Waals surface area contributed by atoms with Gasteiger partial charge in [-0.05, 0) is 44.0 Å². The van der Waals surface area contributed by atoms with Crippen LogP contribution in [0.1, 0.15) is 31.2 Å². The molecule has 0 aromatic heterocycles. The Morgan fingerprint density at radius 3 is 2.78 bits per heavy atom. The lowest BCUT2D eigenvalue weighted by Crippen LogP contribution is -2.34. The van der Waals surface area contributed by atoms with Crippen molar-refractivity contribution in [3.63, 3.8) is 0 Å². The lowest BCUT2D eigenvalue weighted by molar-refractivity contribution is -0.145. The highest BCUT2D eigenvalue weighted by atomic mass is 79.9. The molecule has 0 saturated carbocycles. The van der Waals surface area contributed by atoms with E-state index in [-0.39, 0.29) is 17.9 Å². The maximum absolute atomic E-state index is 12.1. The molecule has 1 saturated heterocycles. The summed E-state index contributed by atoms with van der Waals surface area (Å²) in [5.41, 5.74) is 1.02. The van der Waals surface area contributed by atoms with Gasteiger partial charge in [-0.3, -0.25) is 4.79 Å². The van der Waals surface area contributed by atoms with Gasteiger partial charge in [0.2, 0.25) is 0 Å². The van der Waals surface area contributed by atoms with E-state index in [1.165, 1.54) is 0 Å².